The van der Waals surface area contributed by atoms with Crippen LogP contribution in [0.4, 0.5) is 5.69 Å². The first-order valence-corrected chi connectivity index (χ1v) is 10.9. The second-order valence-corrected chi connectivity index (χ2v) is 10.4. The molecule has 1 aromatic carbocycles. The topological polar surface area (TPSA) is 30.9 Å². The molecule has 4 nitrogen and oxygen atoms in total. The molecular formula is C23H36BNO3. The molecule has 0 bridgehead atoms. The Kier molecular flexibility index (Phi) is 4.88. The maximum absolute atomic E-state index is 6.33. The molecule has 0 N–H and O–H groups in total. The lowest BCUT2D eigenvalue weighted by Crippen LogP contribution is -2.43. The van der Waals surface area contributed by atoms with E-state index in [0.717, 1.165) is 38.1 Å². The summed E-state index contributed by atoms with van der Waals surface area (Å²) in [6.45, 7) is 18.3. The summed E-state index contributed by atoms with van der Waals surface area (Å²) in [7, 11) is -0.308. The van der Waals surface area contributed by atoms with Gasteiger partial charge in [-0.25, -0.2) is 0 Å². The summed E-state index contributed by atoms with van der Waals surface area (Å²) in [5, 5.41) is 0. The van der Waals surface area contributed by atoms with Gasteiger partial charge in [-0.1, -0.05) is 26.0 Å². The van der Waals surface area contributed by atoms with Crippen molar-refractivity contribution in [3.8, 4) is 0 Å². The van der Waals surface area contributed by atoms with Crippen LogP contribution >= 0.6 is 0 Å². The van der Waals surface area contributed by atoms with Crippen LogP contribution in [0.5, 0.6) is 0 Å². The third kappa shape index (κ3) is 3.10. The highest BCUT2D eigenvalue weighted by atomic mass is 16.7. The smallest absolute Gasteiger partial charge is 0.399 e. The number of hydrogen-bond donors (Lipinski definition) is 0. The van der Waals surface area contributed by atoms with E-state index in [4.69, 9.17) is 14.0 Å². The van der Waals surface area contributed by atoms with Gasteiger partial charge in [0.05, 0.1) is 11.2 Å². The molecule has 2 fully saturated rings. The van der Waals surface area contributed by atoms with Crippen molar-refractivity contribution in [1.29, 1.82) is 0 Å². The molecule has 0 aromatic heterocycles. The minimum atomic E-state index is -0.316. The quantitative estimate of drug-likeness (QED) is 0.739. The molecule has 1 unspecified atom stereocenters. The minimum Gasteiger partial charge on any atom is -0.399 e. The SMILES string of the molecule is CC(C)C(C)N1CC2(CCOCC2)c2ccc(B3OC(C)(C)C(C)(C)O3)cc21. The molecule has 0 saturated carbocycles. The van der Waals surface area contributed by atoms with E-state index in [9.17, 15) is 0 Å². The zero-order valence-electron chi connectivity index (χ0n) is 18.7. The molecular weight excluding hydrogens is 349 g/mol. The molecule has 154 valence electrons. The second kappa shape index (κ2) is 6.75. The largest absolute Gasteiger partial charge is 0.494 e. The van der Waals surface area contributed by atoms with Gasteiger partial charge in [-0.2, -0.15) is 0 Å². The molecule has 0 radical (unpaired) electrons. The fourth-order valence-corrected chi connectivity index (χ4v) is 4.77. The van der Waals surface area contributed by atoms with Crippen LogP contribution < -0.4 is 10.4 Å². The van der Waals surface area contributed by atoms with Crippen LogP contribution in [0.3, 0.4) is 0 Å². The fraction of sp³-hybridized carbons (Fsp3) is 0.739. The Morgan fingerprint density at radius 3 is 2.14 bits per heavy atom. The normalized spacial score (nSPS) is 26.1. The lowest BCUT2D eigenvalue weighted by molar-refractivity contribution is 0.00578. The van der Waals surface area contributed by atoms with Gasteiger partial charge in [-0.15, -0.1) is 0 Å². The summed E-state index contributed by atoms with van der Waals surface area (Å²) >= 11 is 0. The summed E-state index contributed by atoms with van der Waals surface area (Å²) in [6.07, 6.45) is 2.22. The second-order valence-electron chi connectivity index (χ2n) is 10.4. The van der Waals surface area contributed by atoms with Crippen molar-refractivity contribution in [3.05, 3.63) is 23.8 Å². The van der Waals surface area contributed by atoms with E-state index in [-0.39, 0.29) is 23.7 Å². The van der Waals surface area contributed by atoms with Crippen molar-refractivity contribution in [1.82, 2.24) is 0 Å². The Bertz CT molecular complexity index is 723. The van der Waals surface area contributed by atoms with Crippen LogP contribution in [0.2, 0.25) is 0 Å². The lowest BCUT2D eigenvalue weighted by Gasteiger charge is -2.36. The van der Waals surface area contributed by atoms with Crippen molar-refractivity contribution in [2.45, 2.75) is 84.0 Å². The summed E-state index contributed by atoms with van der Waals surface area (Å²) < 4.78 is 18.4. The maximum Gasteiger partial charge on any atom is 0.494 e. The van der Waals surface area contributed by atoms with Gasteiger partial charge >= 0.3 is 7.12 Å². The van der Waals surface area contributed by atoms with Crippen LogP contribution in [0.1, 0.15) is 66.9 Å². The first-order valence-electron chi connectivity index (χ1n) is 10.9. The van der Waals surface area contributed by atoms with E-state index < -0.39 is 0 Å². The number of anilines is 1. The Hall–Kier alpha value is -1.04. The first kappa shape index (κ1) is 20.2. The van der Waals surface area contributed by atoms with Gasteiger partial charge in [0.2, 0.25) is 0 Å². The molecule has 3 heterocycles. The average Bonchev–Trinajstić information content (AvgIpc) is 3.05. The van der Waals surface area contributed by atoms with Crippen LogP contribution in [-0.4, -0.2) is 44.1 Å². The first-order chi connectivity index (χ1) is 13.1. The summed E-state index contributed by atoms with van der Waals surface area (Å²) in [5.41, 5.74) is 3.58. The molecule has 1 aromatic rings. The van der Waals surface area contributed by atoms with E-state index in [2.05, 4.69) is 71.6 Å². The van der Waals surface area contributed by atoms with E-state index in [1.807, 2.05) is 0 Å². The molecule has 0 amide bonds. The summed E-state index contributed by atoms with van der Waals surface area (Å²) in [6, 6.07) is 7.39. The van der Waals surface area contributed by atoms with E-state index in [1.165, 1.54) is 11.3 Å². The van der Waals surface area contributed by atoms with Crippen molar-refractivity contribution in [3.63, 3.8) is 0 Å². The van der Waals surface area contributed by atoms with Gasteiger partial charge < -0.3 is 18.9 Å². The van der Waals surface area contributed by atoms with Gasteiger partial charge in [0.25, 0.3) is 0 Å². The standard InChI is InChI=1S/C23H36BNO3/c1-16(2)17(3)25-15-23(10-12-26-13-11-23)19-9-8-18(14-20(19)25)24-27-21(4,5)22(6,7)28-24/h8-9,14,16-17H,10-13,15H2,1-7H3. The van der Waals surface area contributed by atoms with E-state index in [0.29, 0.717) is 12.0 Å². The Labute approximate surface area is 171 Å². The minimum absolute atomic E-state index is 0.227. The zero-order valence-corrected chi connectivity index (χ0v) is 18.7. The molecule has 4 rings (SSSR count). The van der Waals surface area contributed by atoms with Gasteiger partial charge in [-0.05, 0) is 70.5 Å². The predicted molar refractivity (Wildman–Crippen MR) is 116 cm³/mol. The number of nitrogens with zero attached hydrogens (tertiary/aromatic N) is 1. The van der Waals surface area contributed by atoms with E-state index >= 15 is 0 Å². The molecule has 0 aliphatic carbocycles. The average molecular weight is 385 g/mol. The van der Waals surface area contributed by atoms with Crippen molar-refractivity contribution < 1.29 is 14.0 Å². The molecule has 1 atom stereocenters. The van der Waals surface area contributed by atoms with Crippen LogP contribution in [0.15, 0.2) is 18.2 Å². The number of hydrogen-bond acceptors (Lipinski definition) is 4. The lowest BCUT2D eigenvalue weighted by atomic mass is 9.73. The molecule has 3 aliphatic rings. The van der Waals surface area contributed by atoms with Gasteiger partial charge in [0.1, 0.15) is 0 Å². The van der Waals surface area contributed by atoms with Gasteiger partial charge in [0, 0.05) is 36.9 Å². The molecule has 3 aliphatic heterocycles. The monoisotopic (exact) mass is 385 g/mol. The van der Waals surface area contributed by atoms with Crippen LogP contribution in [0.25, 0.3) is 0 Å². The van der Waals surface area contributed by atoms with Crippen LogP contribution in [-0.2, 0) is 19.5 Å². The molecule has 28 heavy (non-hydrogen) atoms. The number of ether oxygens (including phenoxy) is 1. The maximum atomic E-state index is 6.33. The summed E-state index contributed by atoms with van der Waals surface area (Å²) in [4.78, 5) is 2.63. The van der Waals surface area contributed by atoms with Crippen molar-refractivity contribution in [2.75, 3.05) is 24.7 Å². The zero-order chi connectivity index (χ0) is 20.3. The molecule has 5 heteroatoms. The number of benzene rings is 1. The molecule has 1 spiro atoms. The van der Waals surface area contributed by atoms with Gasteiger partial charge in [-0.3, -0.25) is 0 Å². The van der Waals surface area contributed by atoms with E-state index in [1.54, 1.807) is 0 Å². The highest BCUT2D eigenvalue weighted by Gasteiger charge is 2.52. The number of fused-ring (bicyclic) bond motifs is 2. The Balaban J connectivity index is 1.72. The van der Waals surface area contributed by atoms with Crippen molar-refractivity contribution >= 4 is 18.3 Å². The van der Waals surface area contributed by atoms with Crippen molar-refractivity contribution in [2.24, 2.45) is 5.92 Å². The fourth-order valence-electron chi connectivity index (χ4n) is 4.77. The molecule has 2 saturated heterocycles. The highest BCUT2D eigenvalue weighted by Crippen LogP contribution is 2.48. The Morgan fingerprint density at radius 2 is 1.57 bits per heavy atom. The highest BCUT2D eigenvalue weighted by molar-refractivity contribution is 6.62. The number of rotatable bonds is 3. The predicted octanol–water partition coefficient (Wildman–Crippen LogP) is 3.90. The summed E-state index contributed by atoms with van der Waals surface area (Å²) in [5.74, 6) is 0.600. The third-order valence-corrected chi connectivity index (χ3v) is 7.81. The van der Waals surface area contributed by atoms with Gasteiger partial charge in [0.15, 0.2) is 0 Å². The Morgan fingerprint density at radius 1 is 0.964 bits per heavy atom. The van der Waals surface area contributed by atoms with Crippen LogP contribution in [0, 0.1) is 5.92 Å². The third-order valence-electron chi connectivity index (χ3n) is 7.81.